The molecule has 5 nitrogen and oxygen atoms in total. The SMILES string of the molecule is CC1(O)CC[C@H](NC(=O)c2cc3cc(Cl)ccc3[nH]2)[C@H](N)C1. The summed E-state index contributed by atoms with van der Waals surface area (Å²) in [5.74, 6) is -0.186. The van der Waals surface area contributed by atoms with Crippen molar-refractivity contribution in [3.63, 3.8) is 0 Å². The minimum absolute atomic E-state index is 0.122. The highest BCUT2D eigenvalue weighted by Gasteiger charge is 2.35. The molecule has 0 radical (unpaired) electrons. The smallest absolute Gasteiger partial charge is 0.268 e. The van der Waals surface area contributed by atoms with Crippen LogP contribution >= 0.6 is 11.6 Å². The summed E-state index contributed by atoms with van der Waals surface area (Å²) in [6, 6.07) is 6.85. The van der Waals surface area contributed by atoms with E-state index < -0.39 is 5.60 Å². The Balaban J connectivity index is 1.73. The number of hydrogen-bond acceptors (Lipinski definition) is 3. The Hall–Kier alpha value is -1.56. The zero-order valence-corrected chi connectivity index (χ0v) is 13.2. The molecule has 1 heterocycles. The lowest BCUT2D eigenvalue weighted by Crippen LogP contribution is -2.54. The topological polar surface area (TPSA) is 91.1 Å². The molecular formula is C16H20ClN3O2. The number of carbonyl (C=O) groups excluding carboxylic acids is 1. The first-order chi connectivity index (χ1) is 10.3. The van der Waals surface area contributed by atoms with Gasteiger partial charge in [0, 0.05) is 28.0 Å². The van der Waals surface area contributed by atoms with Crippen LogP contribution < -0.4 is 11.1 Å². The van der Waals surface area contributed by atoms with Gasteiger partial charge in [0.05, 0.1) is 5.60 Å². The van der Waals surface area contributed by atoms with Gasteiger partial charge in [0.25, 0.3) is 5.91 Å². The van der Waals surface area contributed by atoms with E-state index in [1.807, 2.05) is 12.1 Å². The minimum atomic E-state index is -0.738. The standard InChI is InChI=1S/C16H20ClN3O2/c1-16(22)5-4-13(11(18)8-16)20-15(21)14-7-9-6-10(17)2-3-12(9)19-14/h2-3,6-7,11,13,19,22H,4-5,8,18H2,1H3,(H,20,21)/t11-,13+,16?/m1/s1. The summed E-state index contributed by atoms with van der Waals surface area (Å²) in [7, 11) is 0. The molecule has 1 amide bonds. The maximum Gasteiger partial charge on any atom is 0.268 e. The van der Waals surface area contributed by atoms with Crippen molar-refractivity contribution < 1.29 is 9.90 Å². The largest absolute Gasteiger partial charge is 0.390 e. The Kier molecular flexibility index (Phi) is 3.89. The number of aliphatic hydroxyl groups is 1. The van der Waals surface area contributed by atoms with Crippen LogP contribution in [0.3, 0.4) is 0 Å². The van der Waals surface area contributed by atoms with Crippen LogP contribution in [0.25, 0.3) is 10.9 Å². The highest BCUT2D eigenvalue weighted by Crippen LogP contribution is 2.27. The highest BCUT2D eigenvalue weighted by molar-refractivity contribution is 6.31. The number of fused-ring (bicyclic) bond motifs is 1. The molecule has 6 heteroatoms. The summed E-state index contributed by atoms with van der Waals surface area (Å²) in [5, 5.41) is 14.5. The number of amides is 1. The maximum atomic E-state index is 12.4. The van der Waals surface area contributed by atoms with Crippen LogP contribution in [0, 0.1) is 0 Å². The Bertz CT molecular complexity index is 710. The average molecular weight is 322 g/mol. The second-order valence-corrected chi connectivity index (χ2v) is 6.83. The van der Waals surface area contributed by atoms with Gasteiger partial charge in [0.2, 0.25) is 0 Å². The van der Waals surface area contributed by atoms with Gasteiger partial charge < -0.3 is 21.1 Å². The zero-order chi connectivity index (χ0) is 15.9. The number of rotatable bonds is 2. The molecule has 2 aromatic rings. The minimum Gasteiger partial charge on any atom is -0.390 e. The van der Waals surface area contributed by atoms with Crippen molar-refractivity contribution in [2.24, 2.45) is 5.73 Å². The molecular weight excluding hydrogens is 302 g/mol. The number of aromatic nitrogens is 1. The Morgan fingerprint density at radius 3 is 3.00 bits per heavy atom. The molecule has 118 valence electrons. The molecule has 1 aliphatic carbocycles. The maximum absolute atomic E-state index is 12.4. The van der Waals surface area contributed by atoms with Crippen LogP contribution in [0.2, 0.25) is 5.02 Å². The van der Waals surface area contributed by atoms with Gasteiger partial charge in [-0.1, -0.05) is 11.6 Å². The fourth-order valence-corrected chi connectivity index (χ4v) is 3.26. The van der Waals surface area contributed by atoms with Crippen LogP contribution in [-0.4, -0.2) is 33.7 Å². The van der Waals surface area contributed by atoms with E-state index in [0.717, 1.165) is 10.9 Å². The van der Waals surface area contributed by atoms with Crippen molar-refractivity contribution >= 4 is 28.4 Å². The lowest BCUT2D eigenvalue weighted by molar-refractivity contribution is 0.00617. The molecule has 0 aliphatic heterocycles. The average Bonchev–Trinajstić information content (AvgIpc) is 2.84. The Labute approximate surface area is 133 Å². The lowest BCUT2D eigenvalue weighted by atomic mass is 9.80. The van der Waals surface area contributed by atoms with E-state index in [1.54, 1.807) is 19.1 Å². The first-order valence-corrected chi connectivity index (χ1v) is 7.79. The van der Waals surface area contributed by atoms with Crippen LogP contribution in [-0.2, 0) is 0 Å². The van der Waals surface area contributed by atoms with Gasteiger partial charge in [-0.05, 0) is 50.5 Å². The molecule has 3 rings (SSSR count). The summed E-state index contributed by atoms with van der Waals surface area (Å²) in [5.41, 5.74) is 6.69. The molecule has 5 N–H and O–H groups in total. The molecule has 1 aromatic heterocycles. The zero-order valence-electron chi connectivity index (χ0n) is 12.4. The second-order valence-electron chi connectivity index (χ2n) is 6.40. The summed E-state index contributed by atoms with van der Waals surface area (Å²) < 4.78 is 0. The molecule has 1 unspecified atom stereocenters. The quantitative estimate of drug-likeness (QED) is 0.683. The summed E-state index contributed by atoms with van der Waals surface area (Å²) in [4.78, 5) is 15.5. The number of nitrogens with one attached hydrogen (secondary N) is 2. The van der Waals surface area contributed by atoms with E-state index in [0.29, 0.717) is 30.0 Å². The van der Waals surface area contributed by atoms with E-state index in [-0.39, 0.29) is 18.0 Å². The van der Waals surface area contributed by atoms with Crippen LogP contribution in [0.4, 0.5) is 0 Å². The number of halogens is 1. The Morgan fingerprint density at radius 1 is 1.50 bits per heavy atom. The summed E-state index contributed by atoms with van der Waals surface area (Å²) >= 11 is 5.95. The number of benzene rings is 1. The molecule has 1 aromatic carbocycles. The lowest BCUT2D eigenvalue weighted by Gasteiger charge is -2.38. The molecule has 1 fully saturated rings. The van der Waals surface area contributed by atoms with Gasteiger partial charge >= 0.3 is 0 Å². The number of hydrogen-bond donors (Lipinski definition) is 4. The van der Waals surface area contributed by atoms with Gasteiger partial charge in [-0.15, -0.1) is 0 Å². The van der Waals surface area contributed by atoms with E-state index in [1.165, 1.54) is 0 Å². The van der Waals surface area contributed by atoms with Crippen LogP contribution in [0.5, 0.6) is 0 Å². The summed E-state index contributed by atoms with van der Waals surface area (Å²) in [6.07, 6.45) is 1.79. The third kappa shape index (κ3) is 3.11. The van der Waals surface area contributed by atoms with E-state index in [4.69, 9.17) is 17.3 Å². The number of nitrogens with two attached hydrogens (primary N) is 1. The number of aromatic amines is 1. The molecule has 0 spiro atoms. The number of carbonyl (C=O) groups is 1. The second kappa shape index (κ2) is 5.57. The van der Waals surface area contributed by atoms with Crippen LogP contribution in [0.15, 0.2) is 24.3 Å². The van der Waals surface area contributed by atoms with Crippen molar-refractivity contribution in [1.82, 2.24) is 10.3 Å². The molecule has 0 saturated heterocycles. The van der Waals surface area contributed by atoms with Gasteiger partial charge in [-0.25, -0.2) is 0 Å². The van der Waals surface area contributed by atoms with E-state index in [9.17, 15) is 9.90 Å². The van der Waals surface area contributed by atoms with Gasteiger partial charge in [0.15, 0.2) is 0 Å². The first-order valence-electron chi connectivity index (χ1n) is 7.41. The van der Waals surface area contributed by atoms with Crippen molar-refractivity contribution in [2.75, 3.05) is 0 Å². The van der Waals surface area contributed by atoms with Crippen molar-refractivity contribution in [3.8, 4) is 0 Å². The number of H-pyrrole nitrogens is 1. The molecule has 22 heavy (non-hydrogen) atoms. The van der Waals surface area contributed by atoms with Crippen molar-refractivity contribution in [3.05, 3.63) is 35.0 Å². The van der Waals surface area contributed by atoms with Crippen LogP contribution in [0.1, 0.15) is 36.7 Å². The molecule has 0 bridgehead atoms. The van der Waals surface area contributed by atoms with Crippen molar-refractivity contribution in [1.29, 1.82) is 0 Å². The van der Waals surface area contributed by atoms with E-state index in [2.05, 4.69) is 10.3 Å². The van der Waals surface area contributed by atoms with Gasteiger partial charge in [0.1, 0.15) is 5.69 Å². The summed E-state index contributed by atoms with van der Waals surface area (Å²) in [6.45, 7) is 1.78. The fraction of sp³-hybridized carbons (Fsp3) is 0.438. The molecule has 3 atom stereocenters. The highest BCUT2D eigenvalue weighted by atomic mass is 35.5. The third-order valence-corrected chi connectivity index (χ3v) is 4.57. The predicted molar refractivity (Wildman–Crippen MR) is 87.0 cm³/mol. The van der Waals surface area contributed by atoms with Gasteiger partial charge in [-0.2, -0.15) is 0 Å². The molecule has 1 aliphatic rings. The third-order valence-electron chi connectivity index (χ3n) is 4.33. The van der Waals surface area contributed by atoms with Gasteiger partial charge in [-0.3, -0.25) is 4.79 Å². The normalized spacial score (nSPS) is 28.7. The predicted octanol–water partition coefficient (Wildman–Crippen LogP) is 2.18. The first kappa shape index (κ1) is 15.3. The van der Waals surface area contributed by atoms with Crippen molar-refractivity contribution in [2.45, 2.75) is 43.9 Å². The Morgan fingerprint density at radius 2 is 2.27 bits per heavy atom. The monoisotopic (exact) mass is 321 g/mol. The molecule has 1 saturated carbocycles. The van der Waals surface area contributed by atoms with E-state index >= 15 is 0 Å². The fourth-order valence-electron chi connectivity index (χ4n) is 3.08.